The number of amides is 1. The fourth-order valence-corrected chi connectivity index (χ4v) is 2.79. The lowest BCUT2D eigenvalue weighted by Gasteiger charge is -2.03. The third kappa shape index (κ3) is 2.24. The molecule has 3 aromatic heterocycles. The first-order valence-corrected chi connectivity index (χ1v) is 7.33. The molecule has 0 spiro atoms. The van der Waals surface area contributed by atoms with Gasteiger partial charge in [-0.3, -0.25) is 4.79 Å². The molecule has 0 fully saturated rings. The number of rotatable bonds is 3. The highest BCUT2D eigenvalue weighted by molar-refractivity contribution is 6.06. The van der Waals surface area contributed by atoms with Crippen molar-refractivity contribution in [1.29, 1.82) is 0 Å². The van der Waals surface area contributed by atoms with Crippen LogP contribution in [0.4, 0.5) is 0 Å². The maximum atomic E-state index is 12.5. The number of aromatic nitrogens is 4. The number of hydrogen-bond donors (Lipinski definition) is 1. The van der Waals surface area contributed by atoms with E-state index in [4.69, 9.17) is 0 Å². The van der Waals surface area contributed by atoms with Crippen LogP contribution >= 0.6 is 0 Å². The van der Waals surface area contributed by atoms with Crippen LogP contribution in [0.15, 0.2) is 55.1 Å². The number of hydrogen-bond acceptors (Lipinski definition) is 3. The van der Waals surface area contributed by atoms with Crippen LogP contribution in [0.5, 0.6) is 0 Å². The molecule has 1 N–H and O–H groups in total. The van der Waals surface area contributed by atoms with Crippen LogP contribution in [0, 0.1) is 0 Å². The second kappa shape index (κ2) is 5.24. The third-order valence-corrected chi connectivity index (χ3v) is 3.93. The van der Waals surface area contributed by atoms with Crippen LogP contribution in [-0.4, -0.2) is 25.1 Å². The van der Waals surface area contributed by atoms with Crippen molar-refractivity contribution in [2.75, 3.05) is 0 Å². The normalized spacial score (nSPS) is 11.2. The van der Waals surface area contributed by atoms with Gasteiger partial charge >= 0.3 is 0 Å². The molecule has 0 aliphatic heterocycles. The lowest BCUT2D eigenvalue weighted by atomic mass is 10.1. The standard InChI is InChI=1S/C17H15N5O/c1-21-11-14(13-5-2-3-6-15(13)21)17(23)19-9-12-10-20-22-8-4-7-18-16(12)22/h2-8,10-11H,9H2,1H3,(H,19,23). The molecule has 4 rings (SSSR count). The zero-order valence-electron chi connectivity index (χ0n) is 12.6. The van der Waals surface area contributed by atoms with Gasteiger partial charge in [0.05, 0.1) is 11.8 Å². The maximum absolute atomic E-state index is 12.5. The average Bonchev–Trinajstić information content (AvgIpc) is 3.15. The van der Waals surface area contributed by atoms with E-state index in [0.29, 0.717) is 12.1 Å². The molecule has 23 heavy (non-hydrogen) atoms. The number of para-hydroxylation sites is 1. The molecule has 0 aliphatic carbocycles. The Balaban J connectivity index is 1.60. The zero-order valence-corrected chi connectivity index (χ0v) is 12.6. The van der Waals surface area contributed by atoms with Gasteiger partial charge in [-0.2, -0.15) is 5.10 Å². The van der Waals surface area contributed by atoms with Crippen molar-refractivity contribution >= 4 is 22.5 Å². The Bertz CT molecular complexity index is 1010. The molecule has 6 heteroatoms. The van der Waals surface area contributed by atoms with E-state index in [1.807, 2.05) is 54.3 Å². The Morgan fingerprint density at radius 3 is 3.04 bits per heavy atom. The molecule has 3 heterocycles. The van der Waals surface area contributed by atoms with E-state index >= 15 is 0 Å². The van der Waals surface area contributed by atoms with Crippen LogP contribution in [0.2, 0.25) is 0 Å². The van der Waals surface area contributed by atoms with Gasteiger partial charge < -0.3 is 9.88 Å². The molecule has 0 unspecified atom stereocenters. The van der Waals surface area contributed by atoms with Gasteiger partial charge in [0.1, 0.15) is 0 Å². The Morgan fingerprint density at radius 2 is 2.13 bits per heavy atom. The van der Waals surface area contributed by atoms with Crippen LogP contribution in [-0.2, 0) is 13.6 Å². The molecule has 1 amide bonds. The first-order chi connectivity index (χ1) is 11.2. The van der Waals surface area contributed by atoms with Crippen LogP contribution in [0.25, 0.3) is 16.6 Å². The summed E-state index contributed by atoms with van der Waals surface area (Å²) in [7, 11) is 1.94. The Hall–Kier alpha value is -3.15. The molecule has 0 bridgehead atoms. The molecule has 0 saturated heterocycles. The summed E-state index contributed by atoms with van der Waals surface area (Å²) in [6.45, 7) is 0.391. The average molecular weight is 305 g/mol. The summed E-state index contributed by atoms with van der Waals surface area (Å²) >= 11 is 0. The van der Waals surface area contributed by atoms with E-state index in [-0.39, 0.29) is 5.91 Å². The van der Waals surface area contributed by atoms with Gasteiger partial charge in [0.25, 0.3) is 5.91 Å². The monoisotopic (exact) mass is 305 g/mol. The molecular formula is C17H15N5O. The van der Waals surface area contributed by atoms with E-state index < -0.39 is 0 Å². The van der Waals surface area contributed by atoms with E-state index in [9.17, 15) is 4.79 Å². The Kier molecular flexibility index (Phi) is 3.08. The van der Waals surface area contributed by atoms with Gasteiger partial charge in [-0.15, -0.1) is 0 Å². The predicted molar refractivity (Wildman–Crippen MR) is 87.1 cm³/mol. The van der Waals surface area contributed by atoms with Gasteiger partial charge in [0.2, 0.25) is 0 Å². The molecule has 4 aromatic rings. The van der Waals surface area contributed by atoms with Crippen molar-refractivity contribution in [3.05, 3.63) is 66.2 Å². The first-order valence-electron chi connectivity index (χ1n) is 7.33. The third-order valence-electron chi connectivity index (χ3n) is 3.93. The minimum Gasteiger partial charge on any atom is -0.350 e. The van der Waals surface area contributed by atoms with Crippen molar-refractivity contribution < 1.29 is 4.79 Å². The van der Waals surface area contributed by atoms with Crippen molar-refractivity contribution in [3.63, 3.8) is 0 Å². The molecular weight excluding hydrogens is 290 g/mol. The number of nitrogens with one attached hydrogen (secondary N) is 1. The summed E-state index contributed by atoms with van der Waals surface area (Å²) in [5.41, 5.74) is 3.35. The molecule has 0 atom stereocenters. The lowest BCUT2D eigenvalue weighted by Crippen LogP contribution is -2.22. The van der Waals surface area contributed by atoms with E-state index in [0.717, 1.165) is 22.1 Å². The Labute approximate surface area is 132 Å². The zero-order chi connectivity index (χ0) is 15.8. The van der Waals surface area contributed by atoms with Crippen molar-refractivity contribution in [1.82, 2.24) is 24.5 Å². The molecule has 0 aliphatic rings. The number of benzene rings is 1. The highest BCUT2D eigenvalue weighted by Gasteiger charge is 2.14. The maximum Gasteiger partial charge on any atom is 0.253 e. The fraction of sp³-hybridized carbons (Fsp3) is 0.118. The summed E-state index contributed by atoms with van der Waals surface area (Å²) in [5.74, 6) is -0.0999. The summed E-state index contributed by atoms with van der Waals surface area (Å²) in [4.78, 5) is 16.8. The predicted octanol–water partition coefficient (Wildman–Crippen LogP) is 2.15. The van der Waals surface area contributed by atoms with Crippen molar-refractivity contribution in [3.8, 4) is 0 Å². The van der Waals surface area contributed by atoms with Crippen LogP contribution in [0.1, 0.15) is 15.9 Å². The highest BCUT2D eigenvalue weighted by atomic mass is 16.1. The SMILES string of the molecule is Cn1cc(C(=O)NCc2cnn3cccnc23)c2ccccc21. The second-order valence-corrected chi connectivity index (χ2v) is 5.41. The van der Waals surface area contributed by atoms with Crippen LogP contribution < -0.4 is 5.32 Å². The second-order valence-electron chi connectivity index (χ2n) is 5.41. The summed E-state index contributed by atoms with van der Waals surface area (Å²) < 4.78 is 3.65. The smallest absolute Gasteiger partial charge is 0.253 e. The number of fused-ring (bicyclic) bond motifs is 2. The first kappa shape index (κ1) is 13.5. The number of carbonyl (C=O) groups excluding carboxylic acids is 1. The molecule has 114 valence electrons. The molecule has 1 aromatic carbocycles. The van der Waals surface area contributed by atoms with Crippen LogP contribution in [0.3, 0.4) is 0 Å². The number of aryl methyl sites for hydroxylation is 1. The minimum absolute atomic E-state index is 0.0999. The van der Waals surface area contributed by atoms with Gasteiger partial charge in [0, 0.05) is 48.6 Å². The molecule has 0 saturated carbocycles. The minimum atomic E-state index is -0.0999. The van der Waals surface area contributed by atoms with Gasteiger partial charge in [-0.05, 0) is 12.1 Å². The topological polar surface area (TPSA) is 64.2 Å². The van der Waals surface area contributed by atoms with Crippen molar-refractivity contribution in [2.24, 2.45) is 7.05 Å². The molecule has 6 nitrogen and oxygen atoms in total. The summed E-state index contributed by atoms with van der Waals surface area (Å²) in [6, 6.07) is 9.68. The highest BCUT2D eigenvalue weighted by Crippen LogP contribution is 2.20. The quantitative estimate of drug-likeness (QED) is 0.631. The summed E-state index contributed by atoms with van der Waals surface area (Å²) in [5, 5.41) is 8.13. The number of carbonyl (C=O) groups is 1. The fourth-order valence-electron chi connectivity index (χ4n) is 2.79. The van der Waals surface area contributed by atoms with E-state index in [2.05, 4.69) is 15.4 Å². The largest absolute Gasteiger partial charge is 0.350 e. The summed E-state index contributed by atoms with van der Waals surface area (Å²) in [6.07, 6.45) is 7.13. The van der Waals surface area contributed by atoms with E-state index in [1.165, 1.54) is 0 Å². The molecule has 0 radical (unpaired) electrons. The van der Waals surface area contributed by atoms with Crippen molar-refractivity contribution in [2.45, 2.75) is 6.54 Å². The van der Waals surface area contributed by atoms with Gasteiger partial charge in [-0.1, -0.05) is 18.2 Å². The van der Waals surface area contributed by atoms with E-state index in [1.54, 1.807) is 16.9 Å². The van der Waals surface area contributed by atoms with Gasteiger partial charge in [0.15, 0.2) is 5.65 Å². The number of nitrogens with zero attached hydrogens (tertiary/aromatic N) is 4. The lowest BCUT2D eigenvalue weighted by molar-refractivity contribution is 0.0952. The Morgan fingerprint density at radius 1 is 1.26 bits per heavy atom. The van der Waals surface area contributed by atoms with Gasteiger partial charge in [-0.25, -0.2) is 9.50 Å².